The van der Waals surface area contributed by atoms with Crippen molar-refractivity contribution in [1.82, 2.24) is 10.3 Å². The molecule has 1 heterocycles. The molecule has 0 spiro atoms. The summed E-state index contributed by atoms with van der Waals surface area (Å²) in [5.41, 5.74) is 2.33. The van der Waals surface area contributed by atoms with Crippen LogP contribution >= 0.6 is 11.3 Å². The molecule has 0 radical (unpaired) electrons. The van der Waals surface area contributed by atoms with Crippen molar-refractivity contribution in [2.24, 2.45) is 0 Å². The Morgan fingerprint density at radius 2 is 2.05 bits per heavy atom. The van der Waals surface area contributed by atoms with Crippen molar-refractivity contribution < 1.29 is 4.74 Å². The van der Waals surface area contributed by atoms with Crippen LogP contribution in [0, 0.1) is 0 Å². The fourth-order valence-corrected chi connectivity index (χ4v) is 3.30. The van der Waals surface area contributed by atoms with E-state index in [1.807, 2.05) is 13.1 Å². The highest BCUT2D eigenvalue weighted by Crippen LogP contribution is 2.34. The number of methoxy groups -OCH3 is 1. The number of aromatic nitrogens is 1. The molecule has 19 heavy (non-hydrogen) atoms. The quantitative estimate of drug-likeness (QED) is 0.875. The highest BCUT2D eigenvalue weighted by molar-refractivity contribution is 7.15. The van der Waals surface area contributed by atoms with Crippen molar-refractivity contribution >= 4 is 11.3 Å². The number of benzene rings is 1. The van der Waals surface area contributed by atoms with E-state index < -0.39 is 0 Å². The van der Waals surface area contributed by atoms with Gasteiger partial charge in [0.25, 0.3) is 0 Å². The van der Waals surface area contributed by atoms with Gasteiger partial charge in [0.05, 0.1) is 10.6 Å². The van der Waals surface area contributed by atoms with Gasteiger partial charge in [-0.05, 0) is 19.0 Å². The molecule has 0 amide bonds. The number of hydrogen-bond acceptors (Lipinski definition) is 4. The first-order valence-corrected chi connectivity index (χ1v) is 7.34. The summed E-state index contributed by atoms with van der Waals surface area (Å²) < 4.78 is 5.50. The zero-order valence-corrected chi connectivity index (χ0v) is 12.5. The van der Waals surface area contributed by atoms with Crippen LogP contribution in [0.2, 0.25) is 0 Å². The Hall–Kier alpha value is -1.23. The lowest BCUT2D eigenvalue weighted by atomic mass is 10.1. The fourth-order valence-electron chi connectivity index (χ4n) is 2.05. The number of hydrogen-bond donors (Lipinski definition) is 1. The molecule has 0 saturated heterocycles. The molecular weight excluding hydrogens is 256 g/mol. The summed E-state index contributed by atoms with van der Waals surface area (Å²) >= 11 is 1.73. The Kier molecular flexibility index (Phi) is 5.07. The van der Waals surface area contributed by atoms with Crippen LogP contribution in [0.3, 0.4) is 0 Å². The van der Waals surface area contributed by atoms with Gasteiger partial charge in [-0.2, -0.15) is 0 Å². The van der Waals surface area contributed by atoms with E-state index in [1.165, 1.54) is 10.4 Å². The van der Waals surface area contributed by atoms with Crippen molar-refractivity contribution in [3.8, 4) is 10.4 Å². The van der Waals surface area contributed by atoms with Gasteiger partial charge in [-0.15, -0.1) is 11.3 Å². The maximum Gasteiger partial charge on any atom is 0.122 e. The SMILES string of the molecule is CCC(OC)c1nc(CNC)c(-c2ccccc2)s1. The second-order valence-corrected chi connectivity index (χ2v) is 5.39. The molecule has 2 rings (SSSR count). The minimum absolute atomic E-state index is 0.0954. The molecule has 3 nitrogen and oxygen atoms in total. The third kappa shape index (κ3) is 3.21. The Balaban J connectivity index is 2.41. The highest BCUT2D eigenvalue weighted by Gasteiger charge is 2.18. The molecule has 1 N–H and O–H groups in total. The van der Waals surface area contributed by atoms with Crippen molar-refractivity contribution in [1.29, 1.82) is 0 Å². The van der Waals surface area contributed by atoms with Crippen LogP contribution in [-0.4, -0.2) is 19.1 Å². The molecule has 0 fully saturated rings. The second-order valence-electron chi connectivity index (χ2n) is 4.36. The van der Waals surface area contributed by atoms with Gasteiger partial charge < -0.3 is 10.1 Å². The summed E-state index contributed by atoms with van der Waals surface area (Å²) in [5, 5.41) is 4.25. The fraction of sp³-hybridized carbons (Fsp3) is 0.400. The summed E-state index contributed by atoms with van der Waals surface area (Å²) in [7, 11) is 3.69. The molecule has 4 heteroatoms. The van der Waals surface area contributed by atoms with Gasteiger partial charge in [0.15, 0.2) is 0 Å². The number of ether oxygens (including phenoxy) is 1. The second kappa shape index (κ2) is 6.80. The van der Waals surface area contributed by atoms with Crippen LogP contribution in [-0.2, 0) is 11.3 Å². The van der Waals surface area contributed by atoms with Crippen molar-refractivity contribution in [3.05, 3.63) is 41.0 Å². The van der Waals surface area contributed by atoms with Crippen molar-refractivity contribution in [3.63, 3.8) is 0 Å². The van der Waals surface area contributed by atoms with E-state index in [0.29, 0.717) is 0 Å². The van der Waals surface area contributed by atoms with Crippen LogP contribution < -0.4 is 5.32 Å². The molecule has 0 saturated carbocycles. The van der Waals surface area contributed by atoms with E-state index in [2.05, 4.69) is 36.5 Å². The zero-order chi connectivity index (χ0) is 13.7. The lowest BCUT2D eigenvalue weighted by Gasteiger charge is -2.08. The van der Waals surface area contributed by atoms with Crippen LogP contribution in [0.4, 0.5) is 0 Å². The lowest BCUT2D eigenvalue weighted by molar-refractivity contribution is 0.0996. The minimum Gasteiger partial charge on any atom is -0.374 e. The van der Waals surface area contributed by atoms with Gasteiger partial charge in [0.2, 0.25) is 0 Å². The van der Waals surface area contributed by atoms with Gasteiger partial charge >= 0.3 is 0 Å². The van der Waals surface area contributed by atoms with Crippen molar-refractivity contribution in [2.75, 3.05) is 14.2 Å². The first-order valence-electron chi connectivity index (χ1n) is 6.52. The minimum atomic E-state index is 0.0954. The van der Waals surface area contributed by atoms with Gasteiger partial charge in [-0.3, -0.25) is 0 Å². The Labute approximate surface area is 118 Å². The Bertz CT molecular complexity index is 506. The zero-order valence-electron chi connectivity index (χ0n) is 11.6. The highest BCUT2D eigenvalue weighted by atomic mass is 32.1. The standard InChI is InChI=1S/C15H20N2OS/c1-4-13(18-3)15-17-12(10-16-2)14(19-15)11-8-6-5-7-9-11/h5-9,13,16H,4,10H2,1-3H3. The number of rotatable bonds is 6. The smallest absolute Gasteiger partial charge is 0.122 e. The lowest BCUT2D eigenvalue weighted by Crippen LogP contribution is -2.07. The summed E-state index contributed by atoms with van der Waals surface area (Å²) in [6.07, 6.45) is 1.04. The van der Waals surface area contributed by atoms with Crippen molar-refractivity contribution in [2.45, 2.75) is 26.0 Å². The number of nitrogens with zero attached hydrogens (tertiary/aromatic N) is 1. The van der Waals surface area contributed by atoms with E-state index in [4.69, 9.17) is 9.72 Å². The third-order valence-electron chi connectivity index (χ3n) is 3.02. The molecule has 1 atom stereocenters. The van der Waals surface area contributed by atoms with E-state index in [1.54, 1.807) is 18.4 Å². The van der Waals surface area contributed by atoms with Gasteiger partial charge in [0.1, 0.15) is 11.1 Å². The van der Waals surface area contributed by atoms with Gasteiger partial charge in [-0.1, -0.05) is 37.3 Å². The summed E-state index contributed by atoms with van der Waals surface area (Å²) in [5.74, 6) is 0. The largest absolute Gasteiger partial charge is 0.374 e. The first-order chi connectivity index (χ1) is 9.30. The maximum absolute atomic E-state index is 5.50. The van der Waals surface area contributed by atoms with Gasteiger partial charge in [-0.25, -0.2) is 4.98 Å². The van der Waals surface area contributed by atoms with Crippen LogP contribution in [0.1, 0.15) is 30.2 Å². The summed E-state index contributed by atoms with van der Waals surface area (Å²) in [6.45, 7) is 2.90. The topological polar surface area (TPSA) is 34.1 Å². The predicted molar refractivity (Wildman–Crippen MR) is 80.4 cm³/mol. The summed E-state index contributed by atoms with van der Waals surface area (Å²) in [6, 6.07) is 10.4. The molecule has 1 aromatic heterocycles. The molecule has 0 bridgehead atoms. The normalized spacial score (nSPS) is 12.6. The molecule has 1 unspecified atom stereocenters. The molecule has 0 aliphatic rings. The maximum atomic E-state index is 5.50. The summed E-state index contributed by atoms with van der Waals surface area (Å²) in [4.78, 5) is 5.99. The average molecular weight is 276 g/mol. The van der Waals surface area contributed by atoms with E-state index in [0.717, 1.165) is 23.7 Å². The van der Waals surface area contributed by atoms with Crippen LogP contribution in [0.25, 0.3) is 10.4 Å². The monoisotopic (exact) mass is 276 g/mol. The van der Waals surface area contributed by atoms with Crippen LogP contribution in [0.15, 0.2) is 30.3 Å². The van der Waals surface area contributed by atoms with Crippen LogP contribution in [0.5, 0.6) is 0 Å². The molecule has 102 valence electrons. The van der Waals surface area contributed by atoms with E-state index >= 15 is 0 Å². The molecule has 0 aliphatic carbocycles. The number of thiazole rings is 1. The van der Waals surface area contributed by atoms with E-state index in [9.17, 15) is 0 Å². The third-order valence-corrected chi connectivity index (χ3v) is 4.26. The molecule has 2 aromatic rings. The Morgan fingerprint density at radius 3 is 2.63 bits per heavy atom. The molecular formula is C15H20N2OS. The van der Waals surface area contributed by atoms with Gasteiger partial charge in [0, 0.05) is 13.7 Å². The molecule has 0 aliphatic heterocycles. The number of nitrogens with one attached hydrogen (secondary N) is 1. The first kappa shape index (κ1) is 14.2. The van der Waals surface area contributed by atoms with E-state index in [-0.39, 0.29) is 6.10 Å². The predicted octanol–water partition coefficient (Wildman–Crippen LogP) is 3.63. The average Bonchev–Trinajstić information content (AvgIpc) is 2.86. The Morgan fingerprint density at radius 1 is 1.32 bits per heavy atom. The molecule has 1 aromatic carbocycles.